The lowest BCUT2D eigenvalue weighted by atomic mass is 10.1. The van der Waals surface area contributed by atoms with Gasteiger partial charge in [-0.05, 0) is 32.1 Å². The van der Waals surface area contributed by atoms with Crippen LogP contribution in [0.25, 0.3) is 22.3 Å². The first-order valence-corrected chi connectivity index (χ1v) is 8.77. The molecule has 3 rings (SSSR count). The van der Waals surface area contributed by atoms with Gasteiger partial charge in [-0.3, -0.25) is 14.5 Å². The van der Waals surface area contributed by atoms with Gasteiger partial charge in [-0.1, -0.05) is 0 Å². The van der Waals surface area contributed by atoms with E-state index in [2.05, 4.69) is 15.1 Å². The number of ether oxygens (including phenoxy) is 1. The summed E-state index contributed by atoms with van der Waals surface area (Å²) in [5.41, 5.74) is 0.792. The van der Waals surface area contributed by atoms with Gasteiger partial charge in [-0.15, -0.1) is 0 Å². The Morgan fingerprint density at radius 1 is 1.41 bits per heavy atom. The van der Waals surface area contributed by atoms with Crippen LogP contribution < -0.4 is 5.56 Å². The molecule has 1 N–H and O–H groups in total. The number of methoxy groups -OCH3 is 1. The number of fused-ring (bicyclic) bond motifs is 1. The number of hydrogen-bond acceptors (Lipinski definition) is 5. The zero-order valence-electron chi connectivity index (χ0n) is 15.1. The number of aromatic amines is 1. The number of alkyl halides is 2. The van der Waals surface area contributed by atoms with Crippen molar-refractivity contribution in [1.82, 2.24) is 24.3 Å². The number of aromatic nitrogens is 5. The highest BCUT2D eigenvalue weighted by atomic mass is 32.1. The molecule has 3 aromatic rings. The van der Waals surface area contributed by atoms with E-state index in [0.29, 0.717) is 17.8 Å². The maximum Gasteiger partial charge on any atom is 0.264 e. The third-order valence-electron chi connectivity index (χ3n) is 4.41. The molecule has 7 nitrogen and oxygen atoms in total. The van der Waals surface area contributed by atoms with Crippen molar-refractivity contribution in [3.63, 3.8) is 0 Å². The maximum absolute atomic E-state index is 13.8. The first-order valence-electron chi connectivity index (χ1n) is 8.36. The van der Waals surface area contributed by atoms with E-state index in [1.165, 1.54) is 17.7 Å². The molecule has 0 aliphatic heterocycles. The molecule has 0 radical (unpaired) electrons. The minimum atomic E-state index is -2.84. The Bertz CT molecular complexity index is 1100. The number of nitrogens with zero attached hydrogens (tertiary/aromatic N) is 4. The van der Waals surface area contributed by atoms with Gasteiger partial charge < -0.3 is 9.30 Å². The maximum atomic E-state index is 13.8. The van der Waals surface area contributed by atoms with Gasteiger partial charge in [0.1, 0.15) is 5.65 Å². The number of H-pyrrole nitrogens is 1. The van der Waals surface area contributed by atoms with Crippen molar-refractivity contribution in [1.29, 1.82) is 0 Å². The van der Waals surface area contributed by atoms with Crippen LogP contribution in [0.2, 0.25) is 0 Å². The third kappa shape index (κ3) is 3.42. The molecule has 3 heterocycles. The van der Waals surface area contributed by atoms with Crippen molar-refractivity contribution in [3.05, 3.63) is 38.6 Å². The van der Waals surface area contributed by atoms with Gasteiger partial charge in [0.05, 0.1) is 30.4 Å². The van der Waals surface area contributed by atoms with E-state index in [-0.39, 0.29) is 34.5 Å². The zero-order valence-corrected chi connectivity index (χ0v) is 15.9. The van der Waals surface area contributed by atoms with Gasteiger partial charge in [-0.2, -0.15) is 5.10 Å². The molecular formula is C17H19F2N5O2S. The van der Waals surface area contributed by atoms with E-state index >= 15 is 0 Å². The van der Waals surface area contributed by atoms with Crippen molar-refractivity contribution in [3.8, 4) is 11.3 Å². The second-order valence-electron chi connectivity index (χ2n) is 5.96. The number of hydrogen-bond donors (Lipinski definition) is 1. The van der Waals surface area contributed by atoms with E-state index in [1.54, 1.807) is 10.9 Å². The number of pyridine rings is 1. The van der Waals surface area contributed by atoms with E-state index in [9.17, 15) is 13.6 Å². The molecule has 0 amide bonds. The Labute approximate surface area is 158 Å². The quantitative estimate of drug-likeness (QED) is 0.649. The topological polar surface area (TPSA) is 77.7 Å². The SMILES string of the molecule is CCn1ncc(-c2cc(C(F)F)c3c(=O)[nH]c(=S)n(CCOC)c3n2)c1C. The van der Waals surface area contributed by atoms with Crippen LogP contribution in [0.5, 0.6) is 0 Å². The van der Waals surface area contributed by atoms with Crippen LogP contribution in [0.1, 0.15) is 24.6 Å². The van der Waals surface area contributed by atoms with Gasteiger partial charge >= 0.3 is 0 Å². The molecule has 10 heteroatoms. The van der Waals surface area contributed by atoms with Crippen LogP contribution in [0.15, 0.2) is 17.1 Å². The highest BCUT2D eigenvalue weighted by Gasteiger charge is 2.21. The van der Waals surface area contributed by atoms with Crippen molar-refractivity contribution in [2.75, 3.05) is 13.7 Å². The first-order chi connectivity index (χ1) is 12.9. The normalized spacial score (nSPS) is 11.6. The van der Waals surface area contributed by atoms with E-state index in [4.69, 9.17) is 17.0 Å². The minimum absolute atomic E-state index is 0.107. The first kappa shape index (κ1) is 19.3. The summed E-state index contributed by atoms with van der Waals surface area (Å²) < 4.78 is 36.0. The third-order valence-corrected chi connectivity index (χ3v) is 4.73. The number of aryl methyl sites for hydroxylation is 1. The Hall–Kier alpha value is -2.46. The van der Waals surface area contributed by atoms with E-state index < -0.39 is 12.0 Å². The van der Waals surface area contributed by atoms with Gasteiger partial charge in [0, 0.05) is 30.5 Å². The fraction of sp³-hybridized carbons (Fsp3) is 0.412. The summed E-state index contributed by atoms with van der Waals surface area (Å²) in [4.78, 5) is 19.3. The molecule has 3 aromatic heterocycles. The summed E-state index contributed by atoms with van der Waals surface area (Å²) in [5, 5.41) is 4.08. The average molecular weight is 395 g/mol. The molecule has 0 unspecified atom stereocenters. The molecule has 0 aliphatic rings. The molecule has 0 aromatic carbocycles. The molecule has 0 fully saturated rings. The standard InChI is InChI=1S/C17H19F2N5O2S/c1-4-24-9(2)11(8-20-24)12-7-10(14(18)19)13-15(21-12)23(5-6-26-3)17(27)22-16(13)25/h7-8,14H,4-6H2,1-3H3,(H,22,25,27). The summed E-state index contributed by atoms with van der Waals surface area (Å²) in [6, 6.07) is 1.25. The lowest BCUT2D eigenvalue weighted by Crippen LogP contribution is -2.19. The largest absolute Gasteiger partial charge is 0.383 e. The van der Waals surface area contributed by atoms with Crippen LogP contribution >= 0.6 is 12.2 Å². The van der Waals surface area contributed by atoms with Crippen molar-refractivity contribution in [2.24, 2.45) is 0 Å². The fourth-order valence-corrected chi connectivity index (χ4v) is 3.29. The molecule has 0 saturated heterocycles. The van der Waals surface area contributed by atoms with Crippen molar-refractivity contribution in [2.45, 2.75) is 33.4 Å². The molecular weight excluding hydrogens is 376 g/mol. The van der Waals surface area contributed by atoms with Gasteiger partial charge in [-0.25, -0.2) is 13.8 Å². The highest BCUT2D eigenvalue weighted by molar-refractivity contribution is 7.71. The van der Waals surface area contributed by atoms with Gasteiger partial charge in [0.2, 0.25) is 0 Å². The Morgan fingerprint density at radius 3 is 2.74 bits per heavy atom. The molecule has 0 atom stereocenters. The minimum Gasteiger partial charge on any atom is -0.383 e. The van der Waals surface area contributed by atoms with Crippen LogP contribution in [0, 0.1) is 11.7 Å². The fourth-order valence-electron chi connectivity index (χ4n) is 3.02. The molecule has 0 saturated carbocycles. The summed E-state index contributed by atoms with van der Waals surface area (Å²) in [6.07, 6.45) is -1.26. The van der Waals surface area contributed by atoms with Crippen molar-refractivity contribution < 1.29 is 13.5 Å². The average Bonchev–Trinajstić information content (AvgIpc) is 3.01. The van der Waals surface area contributed by atoms with Crippen LogP contribution in [0.4, 0.5) is 8.78 Å². The Kier molecular flexibility index (Phi) is 5.47. The molecule has 0 bridgehead atoms. The molecule has 0 spiro atoms. The molecule has 0 aliphatic carbocycles. The lowest BCUT2D eigenvalue weighted by Gasteiger charge is -2.14. The number of halogens is 2. The van der Waals surface area contributed by atoms with E-state index in [1.807, 2.05) is 13.8 Å². The molecule has 27 heavy (non-hydrogen) atoms. The van der Waals surface area contributed by atoms with Gasteiger partial charge in [0.15, 0.2) is 4.77 Å². The van der Waals surface area contributed by atoms with Crippen LogP contribution in [0.3, 0.4) is 0 Å². The summed E-state index contributed by atoms with van der Waals surface area (Å²) >= 11 is 5.21. The second-order valence-corrected chi connectivity index (χ2v) is 6.35. The Morgan fingerprint density at radius 2 is 2.15 bits per heavy atom. The predicted octanol–water partition coefficient (Wildman–Crippen LogP) is 3.23. The lowest BCUT2D eigenvalue weighted by molar-refractivity contribution is 0.153. The highest BCUT2D eigenvalue weighted by Crippen LogP contribution is 2.30. The number of rotatable bonds is 6. The second kappa shape index (κ2) is 7.65. The van der Waals surface area contributed by atoms with Crippen LogP contribution in [-0.4, -0.2) is 38.0 Å². The summed E-state index contributed by atoms with van der Waals surface area (Å²) in [7, 11) is 1.52. The van der Waals surface area contributed by atoms with Crippen LogP contribution in [-0.2, 0) is 17.8 Å². The Balaban J connectivity index is 2.39. The summed E-state index contributed by atoms with van der Waals surface area (Å²) in [6.45, 7) is 4.98. The number of nitrogens with one attached hydrogen (secondary N) is 1. The predicted molar refractivity (Wildman–Crippen MR) is 99.7 cm³/mol. The summed E-state index contributed by atoms with van der Waals surface area (Å²) in [5.74, 6) is 0. The van der Waals surface area contributed by atoms with Gasteiger partial charge in [0.25, 0.3) is 12.0 Å². The molecule has 144 valence electrons. The van der Waals surface area contributed by atoms with E-state index in [0.717, 1.165) is 5.69 Å². The monoisotopic (exact) mass is 395 g/mol. The van der Waals surface area contributed by atoms with Crippen molar-refractivity contribution >= 4 is 23.3 Å². The smallest absolute Gasteiger partial charge is 0.264 e. The zero-order chi connectivity index (χ0) is 19.7.